The summed E-state index contributed by atoms with van der Waals surface area (Å²) < 4.78 is 10.9. The summed E-state index contributed by atoms with van der Waals surface area (Å²) in [5.74, 6) is 0.295. The first kappa shape index (κ1) is 18.5. The van der Waals surface area contributed by atoms with Crippen LogP contribution in [-0.4, -0.2) is 41.8 Å². The first-order valence-corrected chi connectivity index (χ1v) is 9.02. The maximum atomic E-state index is 12.1. The third-order valence-corrected chi connectivity index (χ3v) is 4.71. The van der Waals surface area contributed by atoms with E-state index < -0.39 is 0 Å². The van der Waals surface area contributed by atoms with Crippen LogP contribution >= 0.6 is 11.6 Å². The third kappa shape index (κ3) is 3.94. The topological polar surface area (TPSA) is 59.0 Å². The van der Waals surface area contributed by atoms with Gasteiger partial charge < -0.3 is 14.6 Å². The molecule has 1 heterocycles. The van der Waals surface area contributed by atoms with Crippen LogP contribution in [0.1, 0.15) is 19.4 Å². The molecule has 0 aromatic heterocycles. The van der Waals surface area contributed by atoms with Crippen LogP contribution in [0.3, 0.4) is 0 Å². The van der Waals surface area contributed by atoms with Crippen molar-refractivity contribution in [3.8, 4) is 22.6 Å². The molecule has 138 valence electrons. The molecule has 2 aromatic rings. The van der Waals surface area contributed by atoms with Gasteiger partial charge in [-0.3, -0.25) is 9.69 Å². The molecule has 5 nitrogen and oxygen atoms in total. The summed E-state index contributed by atoms with van der Waals surface area (Å²) in [5.41, 5.74) is 2.58. The van der Waals surface area contributed by atoms with E-state index in [2.05, 4.69) is 0 Å². The van der Waals surface area contributed by atoms with Crippen molar-refractivity contribution in [1.82, 2.24) is 4.90 Å². The molecule has 0 bridgehead atoms. The first-order chi connectivity index (χ1) is 12.5. The Balaban J connectivity index is 1.93. The fourth-order valence-corrected chi connectivity index (χ4v) is 3.29. The number of fused-ring (bicyclic) bond motifs is 1. The largest absolute Gasteiger partial charge is 0.504 e. The van der Waals surface area contributed by atoms with Crippen LogP contribution < -0.4 is 4.74 Å². The molecule has 0 saturated heterocycles. The molecule has 26 heavy (non-hydrogen) atoms. The predicted molar refractivity (Wildman–Crippen MR) is 101 cm³/mol. The Kier molecular flexibility index (Phi) is 5.69. The minimum Gasteiger partial charge on any atom is -0.504 e. The molecule has 1 aliphatic heterocycles. The van der Waals surface area contributed by atoms with Crippen molar-refractivity contribution in [2.24, 2.45) is 0 Å². The van der Waals surface area contributed by atoms with Crippen LogP contribution in [0.2, 0.25) is 5.02 Å². The number of hydrogen-bond acceptors (Lipinski definition) is 5. The third-order valence-electron chi connectivity index (χ3n) is 4.48. The lowest BCUT2D eigenvalue weighted by Crippen LogP contribution is -2.40. The van der Waals surface area contributed by atoms with Gasteiger partial charge in [0.05, 0.1) is 6.61 Å². The monoisotopic (exact) mass is 375 g/mol. The standard InChI is InChI=1S/C20H22ClNO4/c1-3-25-20(24)13(2)22-7-8-26-19-16(12-22)9-15(11-18(19)23)14-5-4-6-17(21)10-14/h4-6,9-11,13,23H,3,7-8,12H2,1-2H3/t13-/m1/s1. The maximum absolute atomic E-state index is 12.1. The fourth-order valence-electron chi connectivity index (χ4n) is 3.10. The van der Waals surface area contributed by atoms with Crippen molar-refractivity contribution in [3.05, 3.63) is 47.0 Å². The molecule has 0 unspecified atom stereocenters. The number of phenols is 1. The Morgan fingerprint density at radius 3 is 2.88 bits per heavy atom. The highest BCUT2D eigenvalue weighted by Crippen LogP contribution is 2.38. The lowest BCUT2D eigenvalue weighted by molar-refractivity contribution is -0.149. The van der Waals surface area contributed by atoms with E-state index in [1.807, 2.05) is 36.1 Å². The van der Waals surface area contributed by atoms with Crippen LogP contribution in [0.5, 0.6) is 11.5 Å². The Labute approximate surface area is 158 Å². The summed E-state index contributed by atoms with van der Waals surface area (Å²) in [7, 11) is 0. The Morgan fingerprint density at radius 2 is 2.15 bits per heavy atom. The van der Waals surface area contributed by atoms with Crippen LogP contribution in [0.25, 0.3) is 11.1 Å². The average Bonchev–Trinajstić information content (AvgIpc) is 2.84. The van der Waals surface area contributed by atoms with E-state index >= 15 is 0 Å². The van der Waals surface area contributed by atoms with E-state index in [9.17, 15) is 9.90 Å². The summed E-state index contributed by atoms with van der Waals surface area (Å²) in [6, 6.07) is 10.7. The molecule has 2 aromatic carbocycles. The number of carbonyl (C=O) groups is 1. The number of hydrogen-bond donors (Lipinski definition) is 1. The summed E-state index contributed by atoms with van der Waals surface area (Å²) in [5, 5.41) is 11.1. The van der Waals surface area contributed by atoms with Gasteiger partial charge in [-0.2, -0.15) is 0 Å². The van der Waals surface area contributed by atoms with Gasteiger partial charge in [0.15, 0.2) is 11.5 Å². The van der Waals surface area contributed by atoms with E-state index in [1.54, 1.807) is 19.1 Å². The molecule has 0 amide bonds. The zero-order valence-corrected chi connectivity index (χ0v) is 15.6. The van der Waals surface area contributed by atoms with E-state index in [0.29, 0.717) is 37.1 Å². The number of rotatable bonds is 4. The van der Waals surface area contributed by atoms with Gasteiger partial charge in [0.1, 0.15) is 12.6 Å². The molecule has 3 rings (SSSR count). The smallest absolute Gasteiger partial charge is 0.323 e. The zero-order chi connectivity index (χ0) is 18.7. The van der Waals surface area contributed by atoms with Crippen LogP contribution in [-0.2, 0) is 16.1 Å². The van der Waals surface area contributed by atoms with Crippen molar-refractivity contribution in [1.29, 1.82) is 0 Å². The molecular formula is C20H22ClNO4. The van der Waals surface area contributed by atoms with Gasteiger partial charge in [-0.25, -0.2) is 0 Å². The summed E-state index contributed by atoms with van der Waals surface area (Å²) in [6.07, 6.45) is 0. The number of phenolic OH excluding ortho intramolecular Hbond substituents is 1. The molecule has 6 heteroatoms. The van der Waals surface area contributed by atoms with Crippen molar-refractivity contribution < 1.29 is 19.4 Å². The van der Waals surface area contributed by atoms with Gasteiger partial charge in [-0.1, -0.05) is 23.7 Å². The van der Waals surface area contributed by atoms with E-state index in [4.69, 9.17) is 21.1 Å². The fraction of sp³-hybridized carbons (Fsp3) is 0.350. The van der Waals surface area contributed by atoms with E-state index in [1.165, 1.54) is 0 Å². The number of carbonyl (C=O) groups excluding carboxylic acids is 1. The summed E-state index contributed by atoms with van der Waals surface area (Å²) >= 11 is 6.09. The lowest BCUT2D eigenvalue weighted by atomic mass is 10.0. The highest BCUT2D eigenvalue weighted by atomic mass is 35.5. The Morgan fingerprint density at radius 1 is 1.35 bits per heavy atom. The normalized spacial score (nSPS) is 15.5. The van der Waals surface area contributed by atoms with Gasteiger partial charge in [-0.15, -0.1) is 0 Å². The first-order valence-electron chi connectivity index (χ1n) is 8.65. The second-order valence-corrected chi connectivity index (χ2v) is 6.68. The van der Waals surface area contributed by atoms with Gasteiger partial charge in [0.2, 0.25) is 0 Å². The number of nitrogens with zero attached hydrogens (tertiary/aromatic N) is 1. The maximum Gasteiger partial charge on any atom is 0.323 e. The highest BCUT2D eigenvalue weighted by molar-refractivity contribution is 6.30. The Hall–Kier alpha value is -2.24. The number of halogens is 1. The number of ether oxygens (including phenoxy) is 2. The molecule has 0 aliphatic carbocycles. The second kappa shape index (κ2) is 7.98. The minimum absolute atomic E-state index is 0.0862. The number of aromatic hydroxyl groups is 1. The minimum atomic E-state index is -0.388. The molecule has 1 atom stereocenters. The van der Waals surface area contributed by atoms with Gasteiger partial charge in [-0.05, 0) is 49.2 Å². The van der Waals surface area contributed by atoms with E-state index in [-0.39, 0.29) is 17.8 Å². The lowest BCUT2D eigenvalue weighted by Gasteiger charge is -2.25. The number of esters is 1. The van der Waals surface area contributed by atoms with Crippen molar-refractivity contribution in [2.75, 3.05) is 19.8 Å². The van der Waals surface area contributed by atoms with Gasteiger partial charge in [0, 0.05) is 23.7 Å². The molecule has 0 radical (unpaired) electrons. The molecule has 1 aliphatic rings. The number of benzene rings is 2. The molecule has 0 fully saturated rings. The predicted octanol–water partition coefficient (Wildman–Crippen LogP) is 3.86. The van der Waals surface area contributed by atoms with Crippen molar-refractivity contribution in [3.63, 3.8) is 0 Å². The molecule has 1 N–H and O–H groups in total. The zero-order valence-electron chi connectivity index (χ0n) is 14.9. The summed E-state index contributed by atoms with van der Waals surface area (Å²) in [6.45, 7) is 5.41. The summed E-state index contributed by atoms with van der Waals surface area (Å²) in [4.78, 5) is 14.1. The van der Waals surface area contributed by atoms with Crippen molar-refractivity contribution >= 4 is 17.6 Å². The van der Waals surface area contributed by atoms with Crippen LogP contribution in [0.4, 0.5) is 0 Å². The van der Waals surface area contributed by atoms with Gasteiger partial charge >= 0.3 is 5.97 Å². The quantitative estimate of drug-likeness (QED) is 0.822. The average molecular weight is 376 g/mol. The SMILES string of the molecule is CCOC(=O)[C@@H](C)N1CCOc2c(O)cc(-c3cccc(Cl)c3)cc2C1. The van der Waals surface area contributed by atoms with Crippen molar-refractivity contribution in [2.45, 2.75) is 26.4 Å². The molecular weight excluding hydrogens is 354 g/mol. The molecule has 0 saturated carbocycles. The van der Waals surface area contributed by atoms with Crippen LogP contribution in [0, 0.1) is 0 Å². The van der Waals surface area contributed by atoms with Crippen LogP contribution in [0.15, 0.2) is 36.4 Å². The van der Waals surface area contributed by atoms with Gasteiger partial charge in [0.25, 0.3) is 0 Å². The Bertz CT molecular complexity index is 808. The molecule has 0 spiro atoms. The highest BCUT2D eigenvalue weighted by Gasteiger charge is 2.27. The van der Waals surface area contributed by atoms with E-state index in [0.717, 1.165) is 16.7 Å². The second-order valence-electron chi connectivity index (χ2n) is 6.24.